The van der Waals surface area contributed by atoms with Crippen molar-refractivity contribution >= 4 is 0 Å². The second-order valence-electron chi connectivity index (χ2n) is 7.39. The van der Waals surface area contributed by atoms with Crippen molar-refractivity contribution in [1.29, 1.82) is 0 Å². The zero-order valence-corrected chi connectivity index (χ0v) is 17.8. The molecule has 0 amide bonds. The summed E-state index contributed by atoms with van der Waals surface area (Å²) in [7, 11) is 1.58. The van der Waals surface area contributed by atoms with Crippen LogP contribution in [0.3, 0.4) is 0 Å². The summed E-state index contributed by atoms with van der Waals surface area (Å²) in [5.74, 6) is 0.632. The van der Waals surface area contributed by atoms with Gasteiger partial charge in [-0.05, 0) is 19.4 Å². The molecule has 1 N–H and O–H groups in total. The number of aromatic nitrogens is 5. The van der Waals surface area contributed by atoms with Crippen LogP contribution in [0.5, 0.6) is 5.88 Å². The molecule has 9 heteroatoms. The highest BCUT2D eigenvalue weighted by Gasteiger charge is 2.22. The van der Waals surface area contributed by atoms with Crippen LogP contribution in [0.1, 0.15) is 28.3 Å². The Hall–Kier alpha value is -3.59. The van der Waals surface area contributed by atoms with Crippen molar-refractivity contribution in [2.24, 2.45) is 0 Å². The van der Waals surface area contributed by atoms with Crippen molar-refractivity contribution in [3.05, 3.63) is 81.5 Å². The number of aryl methyl sites for hydroxylation is 2. The zero-order valence-electron chi connectivity index (χ0n) is 17.8. The Labute approximate surface area is 179 Å². The van der Waals surface area contributed by atoms with E-state index in [0.717, 1.165) is 22.6 Å². The van der Waals surface area contributed by atoms with E-state index in [4.69, 9.17) is 9.26 Å². The average molecular weight is 423 g/mol. The molecule has 162 valence electrons. The first kappa shape index (κ1) is 20.7. The maximum Gasteiger partial charge on any atom is 0.336 e. The highest BCUT2D eigenvalue weighted by Crippen LogP contribution is 2.24. The Bertz CT molecular complexity index is 1210. The number of rotatable bonds is 8. The molecule has 0 saturated heterocycles. The highest BCUT2D eigenvalue weighted by molar-refractivity contribution is 5.38. The molecule has 1 aromatic carbocycles. The summed E-state index contributed by atoms with van der Waals surface area (Å²) < 4.78 is 14.9. The minimum absolute atomic E-state index is 0.0955. The summed E-state index contributed by atoms with van der Waals surface area (Å²) in [4.78, 5) is 13.2. The van der Waals surface area contributed by atoms with Crippen molar-refractivity contribution < 1.29 is 14.4 Å². The fourth-order valence-corrected chi connectivity index (χ4v) is 3.63. The Morgan fingerprint density at radius 1 is 1.19 bits per heavy atom. The van der Waals surface area contributed by atoms with Crippen molar-refractivity contribution in [3.8, 4) is 11.6 Å². The van der Waals surface area contributed by atoms with Gasteiger partial charge in [0.1, 0.15) is 5.76 Å². The van der Waals surface area contributed by atoms with E-state index in [1.54, 1.807) is 28.8 Å². The average Bonchev–Trinajstić information content (AvgIpc) is 3.41. The highest BCUT2D eigenvalue weighted by atomic mass is 16.5. The van der Waals surface area contributed by atoms with Crippen molar-refractivity contribution in [1.82, 2.24) is 24.1 Å². The number of aromatic hydroxyl groups is 1. The first-order valence-electron chi connectivity index (χ1n) is 10.0. The number of imidazole rings is 1. The molecule has 3 aromatic heterocycles. The fourth-order valence-electron chi connectivity index (χ4n) is 3.63. The summed E-state index contributed by atoms with van der Waals surface area (Å²) in [5, 5.41) is 19.3. The Balaban J connectivity index is 1.71. The topological polar surface area (TPSA) is 100 Å². The van der Waals surface area contributed by atoms with Crippen LogP contribution in [0.4, 0.5) is 0 Å². The monoisotopic (exact) mass is 423 g/mol. The quantitative estimate of drug-likeness (QED) is 0.467. The number of hydrogen-bond acceptors (Lipinski definition) is 6. The van der Waals surface area contributed by atoms with E-state index in [2.05, 4.69) is 10.3 Å². The lowest BCUT2D eigenvalue weighted by molar-refractivity contribution is 0.185. The number of methoxy groups -OCH3 is 1. The van der Waals surface area contributed by atoms with Gasteiger partial charge in [-0.25, -0.2) is 9.36 Å². The number of benzene rings is 1. The molecule has 4 aromatic rings. The van der Waals surface area contributed by atoms with E-state index < -0.39 is 0 Å². The molecule has 0 unspecified atom stereocenters. The molecule has 0 saturated carbocycles. The first-order valence-corrected chi connectivity index (χ1v) is 10.0. The van der Waals surface area contributed by atoms with Crippen molar-refractivity contribution in [3.63, 3.8) is 0 Å². The molecule has 0 bridgehead atoms. The van der Waals surface area contributed by atoms with Crippen LogP contribution < -0.4 is 5.69 Å². The second-order valence-corrected chi connectivity index (χ2v) is 7.39. The van der Waals surface area contributed by atoms with Gasteiger partial charge in [0, 0.05) is 25.3 Å². The van der Waals surface area contributed by atoms with Crippen LogP contribution in [0.2, 0.25) is 0 Å². The van der Waals surface area contributed by atoms with Gasteiger partial charge in [-0.15, -0.1) is 0 Å². The predicted octanol–water partition coefficient (Wildman–Crippen LogP) is 2.43. The van der Waals surface area contributed by atoms with E-state index in [1.165, 1.54) is 4.57 Å². The van der Waals surface area contributed by atoms with Gasteiger partial charge in [0.15, 0.2) is 0 Å². The standard InChI is InChI=1S/C22H25N5O4/c1-15-19(16(2)31-24-15)14-25-13-18(12-23-25)27-21(28)20(11-17-7-5-4-6-8-17)26(22(27)29)9-10-30-3/h4-8,12-13,28H,9-11,14H2,1-3H3. The Kier molecular flexibility index (Phi) is 5.77. The SMILES string of the molecule is COCCn1c(Cc2ccccc2)c(O)n(-c2cnn(Cc3c(C)noc3C)c2)c1=O. The van der Waals surface area contributed by atoms with E-state index >= 15 is 0 Å². The van der Waals surface area contributed by atoms with Crippen LogP contribution in [0.15, 0.2) is 52.0 Å². The van der Waals surface area contributed by atoms with Gasteiger partial charge in [0.2, 0.25) is 5.88 Å². The lowest BCUT2D eigenvalue weighted by Gasteiger charge is -2.07. The normalized spacial score (nSPS) is 11.3. The molecular formula is C22H25N5O4. The molecule has 9 nitrogen and oxygen atoms in total. The summed E-state index contributed by atoms with van der Waals surface area (Å²) in [6.45, 7) is 4.87. The lowest BCUT2D eigenvalue weighted by atomic mass is 10.1. The molecule has 0 radical (unpaired) electrons. The Morgan fingerprint density at radius 3 is 2.65 bits per heavy atom. The number of ether oxygens (including phenoxy) is 1. The van der Waals surface area contributed by atoms with Crippen LogP contribution in [-0.2, 0) is 24.2 Å². The summed E-state index contributed by atoms with van der Waals surface area (Å²) >= 11 is 0. The number of hydrogen-bond donors (Lipinski definition) is 1. The molecule has 0 spiro atoms. The molecule has 0 atom stereocenters. The van der Waals surface area contributed by atoms with Gasteiger partial charge in [0.25, 0.3) is 0 Å². The van der Waals surface area contributed by atoms with Gasteiger partial charge >= 0.3 is 5.69 Å². The van der Waals surface area contributed by atoms with E-state index in [9.17, 15) is 9.90 Å². The molecule has 0 aliphatic heterocycles. The summed E-state index contributed by atoms with van der Waals surface area (Å²) in [5.41, 5.74) is 3.41. The lowest BCUT2D eigenvalue weighted by Crippen LogP contribution is -2.25. The van der Waals surface area contributed by atoms with Crippen molar-refractivity contribution in [2.75, 3.05) is 13.7 Å². The molecule has 0 aliphatic carbocycles. The number of nitrogens with zero attached hydrogens (tertiary/aromatic N) is 5. The third-order valence-electron chi connectivity index (χ3n) is 5.33. The maximum absolute atomic E-state index is 13.2. The van der Waals surface area contributed by atoms with Gasteiger partial charge in [-0.1, -0.05) is 35.5 Å². The Morgan fingerprint density at radius 2 is 1.97 bits per heavy atom. The van der Waals surface area contributed by atoms with Gasteiger partial charge in [-0.2, -0.15) is 5.10 Å². The smallest absolute Gasteiger partial charge is 0.336 e. The van der Waals surface area contributed by atoms with Crippen molar-refractivity contribution in [2.45, 2.75) is 33.4 Å². The van der Waals surface area contributed by atoms with E-state index in [0.29, 0.717) is 37.5 Å². The summed E-state index contributed by atoms with van der Waals surface area (Å²) in [6, 6.07) is 9.71. The fraction of sp³-hybridized carbons (Fsp3) is 0.318. The van der Waals surface area contributed by atoms with Gasteiger partial charge < -0.3 is 14.4 Å². The minimum Gasteiger partial charge on any atom is -0.493 e. The van der Waals surface area contributed by atoms with Gasteiger partial charge in [-0.3, -0.25) is 9.25 Å². The molecule has 4 rings (SSSR count). The third-order valence-corrected chi connectivity index (χ3v) is 5.33. The second kappa shape index (κ2) is 8.65. The van der Waals surface area contributed by atoms with Crippen LogP contribution >= 0.6 is 0 Å². The van der Waals surface area contributed by atoms with Crippen LogP contribution in [-0.4, -0.2) is 42.9 Å². The van der Waals surface area contributed by atoms with Gasteiger partial charge in [0.05, 0.1) is 43.0 Å². The molecular weight excluding hydrogens is 398 g/mol. The first-order chi connectivity index (χ1) is 15.0. The van der Waals surface area contributed by atoms with E-state index in [1.807, 2.05) is 44.2 Å². The van der Waals surface area contributed by atoms with Crippen LogP contribution in [0, 0.1) is 13.8 Å². The maximum atomic E-state index is 13.2. The van der Waals surface area contributed by atoms with Crippen LogP contribution in [0.25, 0.3) is 5.69 Å². The molecule has 31 heavy (non-hydrogen) atoms. The largest absolute Gasteiger partial charge is 0.493 e. The summed E-state index contributed by atoms with van der Waals surface area (Å²) in [6.07, 6.45) is 3.71. The third kappa shape index (κ3) is 4.04. The minimum atomic E-state index is -0.336. The zero-order chi connectivity index (χ0) is 22.0. The predicted molar refractivity (Wildman–Crippen MR) is 114 cm³/mol. The van der Waals surface area contributed by atoms with E-state index in [-0.39, 0.29) is 11.6 Å². The molecule has 0 aliphatic rings. The molecule has 3 heterocycles. The molecule has 0 fully saturated rings.